The highest BCUT2D eigenvalue weighted by molar-refractivity contribution is 6.44. The number of carboxylic acids is 1. The monoisotopic (exact) mass is 345 g/mol. The summed E-state index contributed by atoms with van der Waals surface area (Å²) in [5.41, 5.74) is 0. The highest BCUT2D eigenvalue weighted by Gasteiger charge is 2.24. The molecule has 131 valence electrons. The van der Waals surface area contributed by atoms with Gasteiger partial charge in [-0.15, -0.1) is 0 Å². The number of aliphatic hydroxyl groups is 1. The maximum atomic E-state index is 10.6. The molecule has 0 amide bonds. The number of hydrogen-bond acceptors (Lipinski definition) is 6. The van der Waals surface area contributed by atoms with Gasteiger partial charge >= 0.3 is 15.3 Å². The lowest BCUT2D eigenvalue weighted by Gasteiger charge is -2.26. The molecule has 2 rings (SSSR count). The SMILES string of the molecule is O=C(O)CCN1C=[N+](CC[Si]2OCCN(CCO)CCO2)CC1. The molecule has 0 atom stereocenters. The van der Waals surface area contributed by atoms with Crippen LogP contribution in [0.25, 0.3) is 0 Å². The van der Waals surface area contributed by atoms with Crippen LogP contribution >= 0.6 is 0 Å². The Morgan fingerprint density at radius 2 is 1.96 bits per heavy atom. The van der Waals surface area contributed by atoms with Crippen molar-refractivity contribution in [2.75, 3.05) is 65.6 Å². The molecule has 2 aliphatic rings. The van der Waals surface area contributed by atoms with E-state index in [1.165, 1.54) is 0 Å². The molecule has 1 fully saturated rings. The van der Waals surface area contributed by atoms with Gasteiger partial charge in [-0.2, -0.15) is 0 Å². The number of nitrogens with zero attached hydrogens (tertiary/aromatic N) is 3. The van der Waals surface area contributed by atoms with Gasteiger partial charge in [0.15, 0.2) is 0 Å². The molecule has 0 aromatic rings. The first-order valence-corrected chi connectivity index (χ1v) is 9.69. The van der Waals surface area contributed by atoms with Crippen molar-refractivity contribution in [2.24, 2.45) is 0 Å². The Kier molecular flexibility index (Phi) is 7.96. The van der Waals surface area contributed by atoms with E-state index in [0.717, 1.165) is 38.8 Å². The molecule has 23 heavy (non-hydrogen) atoms. The lowest BCUT2D eigenvalue weighted by Crippen LogP contribution is -2.40. The summed E-state index contributed by atoms with van der Waals surface area (Å²) in [6.45, 7) is 7.10. The van der Waals surface area contributed by atoms with Gasteiger partial charge < -0.3 is 19.1 Å². The fraction of sp³-hybridized carbons (Fsp3) is 0.857. The summed E-state index contributed by atoms with van der Waals surface area (Å²) < 4.78 is 13.9. The summed E-state index contributed by atoms with van der Waals surface area (Å²) in [4.78, 5) is 14.8. The van der Waals surface area contributed by atoms with Crippen molar-refractivity contribution >= 4 is 21.6 Å². The molecule has 1 saturated heterocycles. The molecule has 8 nitrogen and oxygen atoms in total. The maximum Gasteiger partial charge on any atom is 0.388 e. The van der Waals surface area contributed by atoms with Gasteiger partial charge in [0.2, 0.25) is 6.34 Å². The van der Waals surface area contributed by atoms with E-state index in [2.05, 4.69) is 14.4 Å². The first kappa shape index (κ1) is 18.3. The van der Waals surface area contributed by atoms with Crippen LogP contribution in [0.1, 0.15) is 6.42 Å². The van der Waals surface area contributed by atoms with Crippen molar-refractivity contribution in [3.05, 3.63) is 0 Å². The number of aliphatic carboxylic acids is 1. The minimum absolute atomic E-state index is 0.168. The van der Waals surface area contributed by atoms with Crippen LogP contribution in [0.3, 0.4) is 0 Å². The zero-order valence-electron chi connectivity index (χ0n) is 13.5. The molecule has 0 aromatic heterocycles. The van der Waals surface area contributed by atoms with E-state index >= 15 is 0 Å². The molecule has 0 spiro atoms. The molecule has 9 heteroatoms. The van der Waals surface area contributed by atoms with E-state index < -0.39 is 15.3 Å². The van der Waals surface area contributed by atoms with Crippen LogP contribution < -0.4 is 0 Å². The van der Waals surface area contributed by atoms with Gasteiger partial charge in [-0.25, -0.2) is 0 Å². The van der Waals surface area contributed by atoms with Crippen LogP contribution in [0.15, 0.2) is 0 Å². The molecule has 0 bridgehead atoms. The largest absolute Gasteiger partial charge is 0.481 e. The Morgan fingerprint density at radius 3 is 2.61 bits per heavy atom. The average molecular weight is 345 g/mol. The van der Waals surface area contributed by atoms with Gasteiger partial charge in [-0.1, -0.05) is 0 Å². The van der Waals surface area contributed by atoms with Crippen molar-refractivity contribution in [3.8, 4) is 0 Å². The maximum absolute atomic E-state index is 10.6. The smallest absolute Gasteiger partial charge is 0.388 e. The minimum Gasteiger partial charge on any atom is -0.481 e. The second kappa shape index (κ2) is 9.99. The second-order valence-corrected chi connectivity index (χ2v) is 7.54. The van der Waals surface area contributed by atoms with Crippen molar-refractivity contribution < 1.29 is 28.4 Å². The summed E-state index contributed by atoms with van der Waals surface area (Å²) in [6, 6.07) is 0.897. The average Bonchev–Trinajstić information content (AvgIpc) is 2.95. The van der Waals surface area contributed by atoms with Crippen LogP contribution in [0.4, 0.5) is 0 Å². The fourth-order valence-corrected chi connectivity index (χ4v) is 4.14. The molecule has 0 unspecified atom stereocenters. The number of aliphatic hydroxyl groups excluding tert-OH is 1. The first-order chi connectivity index (χ1) is 11.2. The van der Waals surface area contributed by atoms with Crippen molar-refractivity contribution in [1.29, 1.82) is 0 Å². The van der Waals surface area contributed by atoms with Crippen LogP contribution in [0.5, 0.6) is 0 Å². The summed E-state index contributed by atoms with van der Waals surface area (Å²) >= 11 is 0. The van der Waals surface area contributed by atoms with E-state index in [-0.39, 0.29) is 13.0 Å². The predicted octanol–water partition coefficient (Wildman–Crippen LogP) is -1.35. The Hall–Kier alpha value is -1.00. The molecular weight excluding hydrogens is 318 g/mol. The van der Waals surface area contributed by atoms with Gasteiger partial charge in [0, 0.05) is 38.9 Å². The third-order valence-electron chi connectivity index (χ3n) is 3.97. The van der Waals surface area contributed by atoms with Crippen LogP contribution in [-0.2, 0) is 13.6 Å². The van der Waals surface area contributed by atoms with Crippen molar-refractivity contribution in [3.63, 3.8) is 0 Å². The molecule has 0 aromatic carbocycles. The third kappa shape index (κ3) is 6.96. The molecule has 0 aliphatic carbocycles. The van der Waals surface area contributed by atoms with E-state index in [4.69, 9.17) is 19.1 Å². The minimum atomic E-state index is -1.24. The first-order valence-electron chi connectivity index (χ1n) is 8.17. The number of rotatable bonds is 8. The molecule has 2 heterocycles. The molecule has 2 N–H and O–H groups in total. The lowest BCUT2D eigenvalue weighted by atomic mass is 10.4. The number of carboxylic acid groups (broad SMARTS) is 1. The summed E-state index contributed by atoms with van der Waals surface area (Å²) in [6.07, 6.45) is 2.20. The predicted molar refractivity (Wildman–Crippen MR) is 85.9 cm³/mol. The van der Waals surface area contributed by atoms with Crippen LogP contribution in [-0.4, -0.2) is 112 Å². The fourth-order valence-electron chi connectivity index (χ4n) is 2.66. The zero-order chi connectivity index (χ0) is 16.5. The normalized spacial score (nSPS) is 21.1. The summed E-state index contributed by atoms with van der Waals surface area (Å²) in [5.74, 6) is -0.756. The summed E-state index contributed by atoms with van der Waals surface area (Å²) in [7, 11) is -1.24. The Bertz CT molecular complexity index is 400. The van der Waals surface area contributed by atoms with Crippen molar-refractivity contribution in [1.82, 2.24) is 9.80 Å². The van der Waals surface area contributed by atoms with E-state index in [0.29, 0.717) is 26.3 Å². The summed E-state index contributed by atoms with van der Waals surface area (Å²) in [5, 5.41) is 17.7. The van der Waals surface area contributed by atoms with Crippen molar-refractivity contribution in [2.45, 2.75) is 12.5 Å². The quantitative estimate of drug-likeness (QED) is 0.415. The number of hydrogen-bond donors (Lipinski definition) is 2. The van der Waals surface area contributed by atoms with Crippen LogP contribution in [0, 0.1) is 0 Å². The van der Waals surface area contributed by atoms with Gasteiger partial charge in [-0.05, 0) is 0 Å². The van der Waals surface area contributed by atoms with Gasteiger partial charge in [0.1, 0.15) is 13.1 Å². The Morgan fingerprint density at radius 1 is 1.22 bits per heavy atom. The molecule has 2 aliphatic heterocycles. The van der Waals surface area contributed by atoms with E-state index in [9.17, 15) is 4.79 Å². The molecule has 1 radical (unpaired) electrons. The topological polar surface area (TPSA) is 85.5 Å². The number of carbonyl (C=O) groups is 1. The van der Waals surface area contributed by atoms with Gasteiger partial charge in [-0.3, -0.25) is 19.2 Å². The third-order valence-corrected chi connectivity index (χ3v) is 5.66. The molecular formula is C14H27N3O5Si+. The molecule has 0 saturated carbocycles. The lowest BCUT2D eigenvalue weighted by molar-refractivity contribution is -0.510. The van der Waals surface area contributed by atoms with Crippen LogP contribution in [0.2, 0.25) is 6.04 Å². The van der Waals surface area contributed by atoms with Gasteiger partial charge in [0.25, 0.3) is 0 Å². The Balaban J connectivity index is 1.66. The highest BCUT2D eigenvalue weighted by atomic mass is 28.3. The highest BCUT2D eigenvalue weighted by Crippen LogP contribution is 2.05. The number of β-amino-alcohol motifs (C(OH)–C–C–N with tert-alkyl or cyclic N) is 1. The van der Waals surface area contributed by atoms with E-state index in [1.807, 2.05) is 6.34 Å². The van der Waals surface area contributed by atoms with Gasteiger partial charge in [0.05, 0.1) is 26.1 Å². The zero-order valence-corrected chi connectivity index (χ0v) is 14.5. The second-order valence-electron chi connectivity index (χ2n) is 5.72. The standard InChI is InChI=1S/C14H26N3O5Si/c18-9-5-15-6-10-21-23(22-11-7-15)12-8-17-4-3-16(13-17)2-1-14(19)20/h13,18H,1-12H2/p+1. The Labute approximate surface area is 138 Å². The van der Waals surface area contributed by atoms with E-state index in [1.54, 1.807) is 0 Å².